The molecule has 1 N–H and O–H groups in total. The number of aryl methyl sites for hydroxylation is 2. The lowest BCUT2D eigenvalue weighted by atomic mass is 9.95. The van der Waals surface area contributed by atoms with E-state index in [2.05, 4.69) is 59.4 Å². The predicted molar refractivity (Wildman–Crippen MR) is 92.1 cm³/mol. The summed E-state index contributed by atoms with van der Waals surface area (Å²) in [6, 6.07) is 13.0. The van der Waals surface area contributed by atoms with Crippen molar-refractivity contribution >= 4 is 15.9 Å². The van der Waals surface area contributed by atoms with E-state index in [1.807, 2.05) is 26.1 Å². The Labute approximate surface area is 135 Å². The van der Waals surface area contributed by atoms with Crippen LogP contribution in [0.2, 0.25) is 0 Å². The second-order valence-electron chi connectivity index (χ2n) is 5.26. The van der Waals surface area contributed by atoms with Crippen molar-refractivity contribution in [1.29, 1.82) is 0 Å². The first-order chi connectivity index (χ1) is 10.0. The van der Waals surface area contributed by atoms with Crippen molar-refractivity contribution in [2.75, 3.05) is 13.7 Å². The molecule has 3 heteroatoms. The van der Waals surface area contributed by atoms with E-state index in [0.717, 1.165) is 10.2 Å². The lowest BCUT2D eigenvalue weighted by Gasteiger charge is -2.20. The van der Waals surface area contributed by atoms with Gasteiger partial charge in [0.25, 0.3) is 0 Å². The summed E-state index contributed by atoms with van der Waals surface area (Å²) in [5.74, 6) is 0.892. The molecule has 0 bridgehead atoms. The fraction of sp³-hybridized carbons (Fsp3) is 0.333. The van der Waals surface area contributed by atoms with Gasteiger partial charge in [0.2, 0.25) is 0 Å². The fourth-order valence-electron chi connectivity index (χ4n) is 2.68. The molecule has 0 amide bonds. The van der Waals surface area contributed by atoms with Crippen LogP contribution in [0.4, 0.5) is 0 Å². The van der Waals surface area contributed by atoms with Crippen molar-refractivity contribution in [2.45, 2.75) is 26.8 Å². The van der Waals surface area contributed by atoms with E-state index in [9.17, 15) is 0 Å². The van der Waals surface area contributed by atoms with Crippen molar-refractivity contribution in [3.05, 3.63) is 63.1 Å². The molecule has 0 aromatic heterocycles. The van der Waals surface area contributed by atoms with Gasteiger partial charge in [-0.25, -0.2) is 0 Å². The number of hydrogen-bond donors (Lipinski definition) is 1. The fourth-order valence-corrected chi connectivity index (χ4v) is 3.26. The van der Waals surface area contributed by atoms with E-state index < -0.39 is 0 Å². The molecule has 0 aliphatic heterocycles. The predicted octanol–water partition coefficient (Wildman–Crippen LogP) is 4.77. The summed E-state index contributed by atoms with van der Waals surface area (Å²) >= 11 is 3.67. The number of rotatable bonds is 5. The van der Waals surface area contributed by atoms with Crippen LogP contribution in [0.25, 0.3) is 0 Å². The molecule has 21 heavy (non-hydrogen) atoms. The van der Waals surface area contributed by atoms with Crippen LogP contribution >= 0.6 is 15.9 Å². The largest absolute Gasteiger partial charge is 0.494 e. The molecule has 0 fully saturated rings. The number of halogens is 1. The van der Waals surface area contributed by atoms with E-state index in [0.29, 0.717) is 6.61 Å². The maximum Gasteiger partial charge on any atom is 0.120 e. The highest BCUT2D eigenvalue weighted by molar-refractivity contribution is 9.10. The van der Waals surface area contributed by atoms with Crippen molar-refractivity contribution in [3.63, 3.8) is 0 Å². The topological polar surface area (TPSA) is 21.3 Å². The summed E-state index contributed by atoms with van der Waals surface area (Å²) in [4.78, 5) is 0. The van der Waals surface area contributed by atoms with E-state index in [-0.39, 0.29) is 6.04 Å². The highest BCUT2D eigenvalue weighted by Gasteiger charge is 2.16. The standard InChI is InChI=1S/C18H22BrNO/c1-5-21-15-6-7-16(17(19)11-15)18(20-4)14-9-12(2)8-13(3)10-14/h6-11,18,20H,5H2,1-4H3. The van der Waals surface area contributed by atoms with E-state index in [4.69, 9.17) is 4.74 Å². The van der Waals surface area contributed by atoms with Gasteiger partial charge in [0.15, 0.2) is 0 Å². The average Bonchev–Trinajstić information content (AvgIpc) is 2.41. The summed E-state index contributed by atoms with van der Waals surface area (Å²) in [7, 11) is 1.99. The van der Waals surface area contributed by atoms with E-state index in [1.165, 1.54) is 22.3 Å². The van der Waals surface area contributed by atoms with Crippen LogP contribution in [0.3, 0.4) is 0 Å². The molecule has 2 aromatic carbocycles. The van der Waals surface area contributed by atoms with Gasteiger partial charge in [-0.05, 0) is 51.1 Å². The number of nitrogens with one attached hydrogen (secondary N) is 1. The zero-order valence-corrected chi connectivity index (χ0v) is 14.6. The molecule has 0 radical (unpaired) electrons. The normalized spacial score (nSPS) is 12.2. The summed E-state index contributed by atoms with van der Waals surface area (Å²) in [5.41, 5.74) is 5.06. The van der Waals surface area contributed by atoms with Crippen LogP contribution in [0.1, 0.15) is 35.2 Å². The van der Waals surface area contributed by atoms with Gasteiger partial charge in [-0.3, -0.25) is 0 Å². The first-order valence-corrected chi connectivity index (χ1v) is 8.02. The SMILES string of the molecule is CCOc1ccc(C(NC)c2cc(C)cc(C)c2)c(Br)c1. The Bertz CT molecular complexity index is 604. The number of benzene rings is 2. The zero-order valence-electron chi connectivity index (χ0n) is 13.0. The second-order valence-corrected chi connectivity index (χ2v) is 6.11. The molecule has 112 valence electrons. The van der Waals surface area contributed by atoms with Crippen LogP contribution in [0, 0.1) is 13.8 Å². The molecule has 2 aromatic rings. The Kier molecular flexibility index (Phi) is 5.43. The van der Waals surface area contributed by atoms with Crippen molar-refractivity contribution in [2.24, 2.45) is 0 Å². The van der Waals surface area contributed by atoms with Gasteiger partial charge >= 0.3 is 0 Å². The van der Waals surface area contributed by atoms with Crippen LogP contribution in [-0.2, 0) is 0 Å². The number of hydrogen-bond acceptors (Lipinski definition) is 2. The molecule has 1 unspecified atom stereocenters. The third-order valence-electron chi connectivity index (χ3n) is 3.46. The molecule has 2 rings (SSSR count). The van der Waals surface area contributed by atoms with Gasteiger partial charge in [-0.15, -0.1) is 0 Å². The molecule has 1 atom stereocenters. The Hall–Kier alpha value is -1.32. The zero-order chi connectivity index (χ0) is 15.4. The summed E-state index contributed by atoms with van der Waals surface area (Å²) < 4.78 is 6.61. The van der Waals surface area contributed by atoms with Crippen LogP contribution in [-0.4, -0.2) is 13.7 Å². The molecule has 0 heterocycles. The average molecular weight is 348 g/mol. The van der Waals surface area contributed by atoms with Crippen LogP contribution in [0.15, 0.2) is 40.9 Å². The Morgan fingerprint density at radius 1 is 1.10 bits per heavy atom. The van der Waals surface area contributed by atoms with Gasteiger partial charge in [0.05, 0.1) is 12.6 Å². The minimum atomic E-state index is 0.161. The molecule has 0 saturated heterocycles. The molecule has 0 saturated carbocycles. The van der Waals surface area contributed by atoms with Crippen LogP contribution in [0.5, 0.6) is 5.75 Å². The van der Waals surface area contributed by atoms with E-state index in [1.54, 1.807) is 0 Å². The highest BCUT2D eigenvalue weighted by Crippen LogP contribution is 2.32. The third-order valence-corrected chi connectivity index (χ3v) is 4.15. The summed E-state index contributed by atoms with van der Waals surface area (Å²) in [6.07, 6.45) is 0. The summed E-state index contributed by atoms with van der Waals surface area (Å²) in [6.45, 7) is 6.94. The lowest BCUT2D eigenvalue weighted by Crippen LogP contribution is -2.18. The lowest BCUT2D eigenvalue weighted by molar-refractivity contribution is 0.340. The van der Waals surface area contributed by atoms with Gasteiger partial charge in [-0.2, -0.15) is 0 Å². The van der Waals surface area contributed by atoms with Gasteiger partial charge in [-0.1, -0.05) is 51.3 Å². The van der Waals surface area contributed by atoms with Crippen molar-refractivity contribution < 1.29 is 4.74 Å². The molecular formula is C18H22BrNO. The first kappa shape index (κ1) is 16.1. The minimum absolute atomic E-state index is 0.161. The maximum atomic E-state index is 5.55. The molecule has 0 aliphatic carbocycles. The summed E-state index contributed by atoms with van der Waals surface area (Å²) in [5, 5.41) is 3.41. The molecule has 0 spiro atoms. The maximum absolute atomic E-state index is 5.55. The number of ether oxygens (including phenoxy) is 1. The molecule has 0 aliphatic rings. The Balaban J connectivity index is 2.41. The minimum Gasteiger partial charge on any atom is -0.494 e. The highest BCUT2D eigenvalue weighted by atomic mass is 79.9. The molecular weight excluding hydrogens is 326 g/mol. The van der Waals surface area contributed by atoms with Gasteiger partial charge < -0.3 is 10.1 Å². The Morgan fingerprint density at radius 2 is 1.76 bits per heavy atom. The van der Waals surface area contributed by atoms with Crippen LogP contribution < -0.4 is 10.1 Å². The van der Waals surface area contributed by atoms with Gasteiger partial charge in [0, 0.05) is 4.47 Å². The quantitative estimate of drug-likeness (QED) is 0.840. The molecule has 2 nitrogen and oxygen atoms in total. The monoisotopic (exact) mass is 347 g/mol. The van der Waals surface area contributed by atoms with Crippen molar-refractivity contribution in [3.8, 4) is 5.75 Å². The Morgan fingerprint density at radius 3 is 2.29 bits per heavy atom. The van der Waals surface area contributed by atoms with Crippen molar-refractivity contribution in [1.82, 2.24) is 5.32 Å². The van der Waals surface area contributed by atoms with E-state index >= 15 is 0 Å². The smallest absolute Gasteiger partial charge is 0.120 e. The second kappa shape index (κ2) is 7.10. The third kappa shape index (κ3) is 3.86. The first-order valence-electron chi connectivity index (χ1n) is 7.22. The van der Waals surface area contributed by atoms with Gasteiger partial charge in [0.1, 0.15) is 5.75 Å².